The fourth-order valence-corrected chi connectivity index (χ4v) is 2.59. The molecule has 0 fully saturated rings. The Hall–Kier alpha value is -2.74. The molecule has 2 aromatic rings. The molecule has 2 amide bonds. The van der Waals surface area contributed by atoms with Crippen LogP contribution in [0, 0.1) is 0 Å². The van der Waals surface area contributed by atoms with Gasteiger partial charge in [-0.1, -0.05) is 29.8 Å². The van der Waals surface area contributed by atoms with Crippen LogP contribution in [0.4, 0.5) is 24.5 Å². The van der Waals surface area contributed by atoms with Crippen LogP contribution in [0.15, 0.2) is 42.5 Å². The highest BCUT2D eigenvalue weighted by molar-refractivity contribution is 6.31. The lowest BCUT2D eigenvalue weighted by Crippen LogP contribution is -2.25. The van der Waals surface area contributed by atoms with Crippen LogP contribution in [0.3, 0.4) is 0 Å². The van der Waals surface area contributed by atoms with Crippen molar-refractivity contribution >= 4 is 34.8 Å². The van der Waals surface area contributed by atoms with E-state index >= 15 is 0 Å². The van der Waals surface area contributed by atoms with Gasteiger partial charge in [0.1, 0.15) is 0 Å². The molecule has 0 heterocycles. The molecule has 0 radical (unpaired) electrons. The van der Waals surface area contributed by atoms with Crippen molar-refractivity contribution in [2.45, 2.75) is 12.6 Å². The van der Waals surface area contributed by atoms with Gasteiger partial charge in [-0.05, 0) is 29.8 Å². The second kappa shape index (κ2) is 8.97. The lowest BCUT2D eigenvalue weighted by Gasteiger charge is -2.15. The van der Waals surface area contributed by atoms with E-state index in [0.29, 0.717) is 11.3 Å². The fourth-order valence-electron chi connectivity index (χ4n) is 2.37. The summed E-state index contributed by atoms with van der Waals surface area (Å²) in [5, 5.41) is 4.86. The highest BCUT2D eigenvalue weighted by atomic mass is 35.5. The molecule has 0 unspecified atom stereocenters. The van der Waals surface area contributed by atoms with Crippen LogP contribution in [0.1, 0.15) is 11.1 Å². The molecule has 0 saturated carbocycles. The largest absolute Gasteiger partial charge is 0.417 e. The van der Waals surface area contributed by atoms with E-state index in [9.17, 15) is 22.8 Å². The number of likely N-dealkylation sites (N-methyl/N-ethyl adjacent to an activating group) is 1. The number of rotatable bonds is 6. The average molecular weight is 414 g/mol. The molecule has 0 saturated heterocycles. The Bertz CT molecular complexity index is 870. The first-order valence-corrected chi connectivity index (χ1v) is 8.64. The summed E-state index contributed by atoms with van der Waals surface area (Å²) in [6.45, 7) is -0.183. The molecule has 0 aliphatic carbocycles. The van der Waals surface area contributed by atoms with E-state index in [2.05, 4.69) is 10.6 Å². The van der Waals surface area contributed by atoms with E-state index in [1.807, 2.05) is 0 Å². The molecular weight excluding hydrogens is 395 g/mol. The van der Waals surface area contributed by atoms with Gasteiger partial charge in [0.05, 0.1) is 23.6 Å². The molecule has 2 aromatic carbocycles. The SMILES string of the molecule is CN(C)C(=O)Cc1ccccc1NCC(=O)Nc1ccc(Cl)c(C(F)(F)F)c1. The number of hydrogen-bond donors (Lipinski definition) is 2. The summed E-state index contributed by atoms with van der Waals surface area (Å²) >= 11 is 5.56. The number of para-hydroxylation sites is 1. The molecular formula is C19H19ClF3N3O2. The number of hydrogen-bond acceptors (Lipinski definition) is 3. The van der Waals surface area contributed by atoms with Crippen LogP contribution in [0.25, 0.3) is 0 Å². The van der Waals surface area contributed by atoms with Gasteiger partial charge >= 0.3 is 6.18 Å². The Morgan fingerprint density at radius 3 is 2.43 bits per heavy atom. The number of nitrogens with zero attached hydrogens (tertiary/aromatic N) is 1. The first-order chi connectivity index (χ1) is 13.1. The predicted octanol–water partition coefficient (Wildman–Crippen LogP) is 4.04. The summed E-state index contributed by atoms with van der Waals surface area (Å²) in [5.74, 6) is -0.635. The van der Waals surface area contributed by atoms with Crippen molar-refractivity contribution in [3.05, 3.63) is 58.6 Å². The third-order valence-corrected chi connectivity index (χ3v) is 4.18. The molecule has 0 aliphatic heterocycles. The van der Waals surface area contributed by atoms with Crippen molar-refractivity contribution in [2.24, 2.45) is 0 Å². The van der Waals surface area contributed by atoms with Crippen LogP contribution >= 0.6 is 11.6 Å². The van der Waals surface area contributed by atoms with Gasteiger partial charge in [-0.25, -0.2) is 0 Å². The molecule has 2 rings (SSSR count). The third-order valence-electron chi connectivity index (χ3n) is 3.85. The van der Waals surface area contributed by atoms with Crippen LogP contribution in [0.5, 0.6) is 0 Å². The first-order valence-electron chi connectivity index (χ1n) is 8.26. The van der Waals surface area contributed by atoms with E-state index in [0.717, 1.165) is 12.1 Å². The zero-order chi connectivity index (χ0) is 20.9. The molecule has 2 N–H and O–H groups in total. The Balaban J connectivity index is 2.03. The topological polar surface area (TPSA) is 61.4 Å². The van der Waals surface area contributed by atoms with Gasteiger partial charge in [0, 0.05) is 25.5 Å². The maximum Gasteiger partial charge on any atom is 0.417 e. The predicted molar refractivity (Wildman–Crippen MR) is 102 cm³/mol. The first kappa shape index (κ1) is 21.6. The molecule has 150 valence electrons. The van der Waals surface area contributed by atoms with Crippen LogP contribution < -0.4 is 10.6 Å². The summed E-state index contributed by atoms with van der Waals surface area (Å²) in [6, 6.07) is 10.2. The number of carbonyl (C=O) groups is 2. The maximum absolute atomic E-state index is 12.9. The highest BCUT2D eigenvalue weighted by Gasteiger charge is 2.33. The normalized spacial score (nSPS) is 11.1. The minimum absolute atomic E-state index is 0.0143. The minimum atomic E-state index is -4.62. The van der Waals surface area contributed by atoms with Gasteiger partial charge in [0.25, 0.3) is 0 Å². The summed E-state index contributed by atoms with van der Waals surface area (Å²) in [4.78, 5) is 25.5. The van der Waals surface area contributed by atoms with E-state index in [-0.39, 0.29) is 24.6 Å². The Kier molecular flexibility index (Phi) is 6.90. The molecule has 28 heavy (non-hydrogen) atoms. The monoisotopic (exact) mass is 413 g/mol. The molecule has 0 aromatic heterocycles. The smallest absolute Gasteiger partial charge is 0.376 e. The molecule has 9 heteroatoms. The minimum Gasteiger partial charge on any atom is -0.376 e. The second-order valence-corrected chi connectivity index (χ2v) is 6.62. The number of anilines is 2. The van der Waals surface area contributed by atoms with E-state index in [1.165, 1.54) is 11.0 Å². The van der Waals surface area contributed by atoms with Crippen molar-refractivity contribution < 1.29 is 22.8 Å². The van der Waals surface area contributed by atoms with Crippen molar-refractivity contribution in [3.8, 4) is 0 Å². The number of nitrogens with one attached hydrogen (secondary N) is 2. The van der Waals surface area contributed by atoms with Gasteiger partial charge < -0.3 is 15.5 Å². The molecule has 0 atom stereocenters. The van der Waals surface area contributed by atoms with Gasteiger partial charge in [-0.15, -0.1) is 0 Å². The quantitative estimate of drug-likeness (QED) is 0.751. The second-order valence-electron chi connectivity index (χ2n) is 6.22. The summed E-state index contributed by atoms with van der Waals surface area (Å²) in [5.41, 5.74) is 0.270. The average Bonchev–Trinajstić information content (AvgIpc) is 2.61. The zero-order valence-electron chi connectivity index (χ0n) is 15.2. The van der Waals surface area contributed by atoms with E-state index in [4.69, 9.17) is 11.6 Å². The van der Waals surface area contributed by atoms with Crippen molar-refractivity contribution in [3.63, 3.8) is 0 Å². The number of carbonyl (C=O) groups excluding carboxylic acids is 2. The molecule has 0 spiro atoms. The van der Waals surface area contributed by atoms with Gasteiger partial charge in [0.2, 0.25) is 11.8 Å². The number of alkyl halides is 3. The molecule has 0 aliphatic rings. The number of amides is 2. The molecule has 5 nitrogen and oxygen atoms in total. The maximum atomic E-state index is 12.9. The van der Waals surface area contributed by atoms with E-state index in [1.54, 1.807) is 38.4 Å². The van der Waals surface area contributed by atoms with Gasteiger partial charge in [-0.2, -0.15) is 13.2 Å². The van der Waals surface area contributed by atoms with Crippen LogP contribution in [0.2, 0.25) is 5.02 Å². The van der Waals surface area contributed by atoms with E-state index < -0.39 is 22.7 Å². The lowest BCUT2D eigenvalue weighted by atomic mass is 10.1. The lowest BCUT2D eigenvalue weighted by molar-refractivity contribution is -0.137. The molecule has 0 bridgehead atoms. The van der Waals surface area contributed by atoms with Crippen LogP contribution in [-0.4, -0.2) is 37.4 Å². The Labute approximate surface area is 165 Å². The third kappa shape index (κ3) is 5.88. The summed E-state index contributed by atoms with van der Waals surface area (Å²) in [6.07, 6.45) is -4.46. The van der Waals surface area contributed by atoms with Gasteiger partial charge in [-0.3, -0.25) is 9.59 Å². The number of benzene rings is 2. The standard InChI is InChI=1S/C19H19ClF3N3O2/c1-26(2)18(28)9-12-5-3-4-6-16(12)24-11-17(27)25-13-7-8-15(20)14(10-13)19(21,22)23/h3-8,10,24H,9,11H2,1-2H3,(H,25,27). The zero-order valence-corrected chi connectivity index (χ0v) is 16.0. The summed E-state index contributed by atoms with van der Waals surface area (Å²) < 4.78 is 38.7. The van der Waals surface area contributed by atoms with Crippen molar-refractivity contribution in [1.29, 1.82) is 0 Å². The number of halogens is 4. The highest BCUT2D eigenvalue weighted by Crippen LogP contribution is 2.36. The Morgan fingerprint density at radius 2 is 1.79 bits per heavy atom. The summed E-state index contributed by atoms with van der Waals surface area (Å²) in [7, 11) is 3.29. The van der Waals surface area contributed by atoms with Crippen molar-refractivity contribution in [2.75, 3.05) is 31.3 Å². The van der Waals surface area contributed by atoms with Crippen LogP contribution in [-0.2, 0) is 22.2 Å². The fraction of sp³-hybridized carbons (Fsp3) is 0.263. The van der Waals surface area contributed by atoms with Crippen molar-refractivity contribution in [1.82, 2.24) is 4.90 Å². The Morgan fingerprint density at radius 1 is 1.11 bits per heavy atom. The van der Waals surface area contributed by atoms with Gasteiger partial charge in [0.15, 0.2) is 0 Å².